The molecule has 0 aliphatic heterocycles. The predicted molar refractivity (Wildman–Crippen MR) is 59.2 cm³/mol. The van der Waals surface area contributed by atoms with Crippen LogP contribution in [0.2, 0.25) is 5.22 Å². The summed E-state index contributed by atoms with van der Waals surface area (Å²) in [5, 5.41) is 2.91. The summed E-state index contributed by atoms with van der Waals surface area (Å²) >= 11 is 5.66. The Kier molecular flexibility index (Phi) is 4.65. The van der Waals surface area contributed by atoms with Crippen LogP contribution in [0.15, 0.2) is 16.7 Å². The Hall–Kier alpha value is -1.00. The van der Waals surface area contributed by atoms with Gasteiger partial charge in [0.05, 0.1) is 11.8 Å². The smallest absolute Gasteiger partial charge is 0.256 e. The molecule has 1 heterocycles. The van der Waals surface area contributed by atoms with E-state index in [0.717, 1.165) is 13.0 Å². The van der Waals surface area contributed by atoms with Gasteiger partial charge in [-0.25, -0.2) is 0 Å². The van der Waals surface area contributed by atoms with Crippen molar-refractivity contribution in [3.05, 3.63) is 23.1 Å². The number of furan rings is 1. The van der Waals surface area contributed by atoms with Crippen molar-refractivity contribution in [3.63, 3.8) is 0 Å². The molecular weight excluding hydrogens is 216 g/mol. The van der Waals surface area contributed by atoms with Crippen LogP contribution >= 0.6 is 11.6 Å². The predicted octanol–water partition coefficient (Wildman–Crippen LogP) is 1.61. The summed E-state index contributed by atoms with van der Waals surface area (Å²) in [6, 6.07) is 1.56. The maximum Gasteiger partial charge on any atom is 0.256 e. The van der Waals surface area contributed by atoms with Crippen LogP contribution in [0.4, 0.5) is 0 Å². The third-order valence-electron chi connectivity index (χ3n) is 1.93. The molecule has 4 nitrogen and oxygen atoms in total. The summed E-state index contributed by atoms with van der Waals surface area (Å²) < 4.78 is 4.83. The summed E-state index contributed by atoms with van der Waals surface area (Å²) in [6.07, 6.45) is 2.31. The van der Waals surface area contributed by atoms with Crippen LogP contribution < -0.4 is 5.32 Å². The summed E-state index contributed by atoms with van der Waals surface area (Å²) in [7, 11) is 3.99. The Bertz CT molecular complexity index is 323. The van der Waals surface area contributed by atoms with Gasteiger partial charge in [0.1, 0.15) is 0 Å². The molecule has 0 spiro atoms. The van der Waals surface area contributed by atoms with Gasteiger partial charge < -0.3 is 14.6 Å². The number of amides is 1. The lowest BCUT2D eigenvalue weighted by molar-refractivity contribution is 0.0952. The maximum absolute atomic E-state index is 11.5. The highest BCUT2D eigenvalue weighted by molar-refractivity contribution is 6.32. The van der Waals surface area contributed by atoms with Crippen LogP contribution in [0, 0.1) is 0 Å². The van der Waals surface area contributed by atoms with Crippen LogP contribution in [-0.4, -0.2) is 38.0 Å². The number of carbonyl (C=O) groups excluding carboxylic acids is 1. The van der Waals surface area contributed by atoms with Crippen LogP contribution in [-0.2, 0) is 0 Å². The van der Waals surface area contributed by atoms with Gasteiger partial charge in [-0.05, 0) is 44.7 Å². The first-order valence-electron chi connectivity index (χ1n) is 4.77. The van der Waals surface area contributed by atoms with E-state index in [0.29, 0.717) is 12.1 Å². The number of carbonyl (C=O) groups is 1. The van der Waals surface area contributed by atoms with Crippen LogP contribution in [0.5, 0.6) is 0 Å². The van der Waals surface area contributed by atoms with Gasteiger partial charge in [-0.2, -0.15) is 0 Å². The lowest BCUT2D eigenvalue weighted by Gasteiger charge is -2.09. The molecule has 0 saturated carbocycles. The molecule has 0 atom stereocenters. The van der Waals surface area contributed by atoms with Gasteiger partial charge in [0, 0.05) is 6.54 Å². The highest BCUT2D eigenvalue weighted by atomic mass is 35.5. The van der Waals surface area contributed by atoms with E-state index < -0.39 is 0 Å². The molecule has 1 rings (SSSR count). The number of halogens is 1. The second-order valence-electron chi connectivity index (χ2n) is 3.52. The quantitative estimate of drug-likeness (QED) is 0.782. The molecule has 0 aliphatic carbocycles. The maximum atomic E-state index is 11.5. The second kappa shape index (κ2) is 5.78. The van der Waals surface area contributed by atoms with Crippen molar-refractivity contribution in [2.45, 2.75) is 6.42 Å². The molecule has 1 aromatic rings. The Morgan fingerprint density at radius 3 is 2.87 bits per heavy atom. The molecule has 5 heteroatoms. The zero-order valence-corrected chi connectivity index (χ0v) is 9.67. The van der Waals surface area contributed by atoms with Crippen molar-refractivity contribution in [1.82, 2.24) is 10.2 Å². The van der Waals surface area contributed by atoms with Gasteiger partial charge in [0.25, 0.3) is 5.91 Å². The van der Waals surface area contributed by atoms with E-state index in [1.165, 1.54) is 6.26 Å². The minimum absolute atomic E-state index is 0.139. The molecule has 0 saturated heterocycles. The monoisotopic (exact) mass is 230 g/mol. The third kappa shape index (κ3) is 3.93. The molecular formula is C10H15ClN2O2. The van der Waals surface area contributed by atoms with Crippen molar-refractivity contribution in [2.24, 2.45) is 0 Å². The summed E-state index contributed by atoms with van der Waals surface area (Å²) in [5.41, 5.74) is 0.390. The number of nitrogens with one attached hydrogen (secondary N) is 1. The largest absolute Gasteiger partial charge is 0.452 e. The summed E-state index contributed by atoms with van der Waals surface area (Å²) in [6.45, 7) is 1.58. The van der Waals surface area contributed by atoms with E-state index >= 15 is 0 Å². The van der Waals surface area contributed by atoms with Gasteiger partial charge >= 0.3 is 0 Å². The lowest BCUT2D eigenvalue weighted by Crippen LogP contribution is -2.26. The van der Waals surface area contributed by atoms with Gasteiger partial charge in [-0.15, -0.1) is 0 Å². The van der Waals surface area contributed by atoms with E-state index in [4.69, 9.17) is 16.0 Å². The minimum Gasteiger partial charge on any atom is -0.452 e. The first kappa shape index (κ1) is 12.1. The van der Waals surface area contributed by atoms with E-state index in [9.17, 15) is 4.79 Å². The van der Waals surface area contributed by atoms with Crippen molar-refractivity contribution < 1.29 is 9.21 Å². The fraction of sp³-hybridized carbons (Fsp3) is 0.500. The molecule has 0 radical (unpaired) electrons. The average Bonchev–Trinajstić information content (AvgIpc) is 2.58. The average molecular weight is 231 g/mol. The topological polar surface area (TPSA) is 45.5 Å². The summed E-state index contributed by atoms with van der Waals surface area (Å²) in [4.78, 5) is 13.6. The van der Waals surface area contributed by atoms with E-state index in [1.807, 2.05) is 14.1 Å². The number of nitrogens with zero attached hydrogens (tertiary/aromatic N) is 1. The second-order valence-corrected chi connectivity index (χ2v) is 3.86. The van der Waals surface area contributed by atoms with Crippen LogP contribution in [0.1, 0.15) is 16.8 Å². The van der Waals surface area contributed by atoms with Crippen LogP contribution in [0.25, 0.3) is 0 Å². The van der Waals surface area contributed by atoms with Crippen LogP contribution in [0.3, 0.4) is 0 Å². The molecule has 1 aromatic heterocycles. The van der Waals surface area contributed by atoms with Crippen molar-refractivity contribution in [2.75, 3.05) is 27.2 Å². The Balaban J connectivity index is 2.28. The molecule has 0 aliphatic rings. The van der Waals surface area contributed by atoms with Gasteiger partial charge in [-0.1, -0.05) is 0 Å². The molecule has 84 valence electrons. The molecule has 1 amide bonds. The van der Waals surface area contributed by atoms with Crippen molar-refractivity contribution >= 4 is 17.5 Å². The molecule has 15 heavy (non-hydrogen) atoms. The molecule has 0 bridgehead atoms. The van der Waals surface area contributed by atoms with Crippen molar-refractivity contribution in [1.29, 1.82) is 0 Å². The van der Waals surface area contributed by atoms with Crippen molar-refractivity contribution in [3.8, 4) is 0 Å². The van der Waals surface area contributed by atoms with Gasteiger partial charge in [-0.3, -0.25) is 4.79 Å². The summed E-state index contributed by atoms with van der Waals surface area (Å²) in [5.74, 6) is -0.187. The standard InChI is InChI=1S/C10H15ClN2O2/c1-13(2)6-3-5-12-10(14)8-4-7-15-9(8)11/h4,7H,3,5-6H2,1-2H3,(H,12,14). The Labute approximate surface area is 94.2 Å². The van der Waals surface area contributed by atoms with E-state index in [2.05, 4.69) is 10.2 Å². The third-order valence-corrected chi connectivity index (χ3v) is 2.22. The molecule has 1 N–H and O–H groups in total. The zero-order valence-electron chi connectivity index (χ0n) is 8.92. The fourth-order valence-electron chi connectivity index (χ4n) is 1.15. The molecule has 0 aromatic carbocycles. The minimum atomic E-state index is -0.187. The first-order chi connectivity index (χ1) is 7.11. The Morgan fingerprint density at radius 1 is 1.60 bits per heavy atom. The normalized spacial score (nSPS) is 10.7. The lowest BCUT2D eigenvalue weighted by atomic mass is 10.3. The molecule has 0 fully saturated rings. The zero-order chi connectivity index (χ0) is 11.3. The number of hydrogen-bond donors (Lipinski definition) is 1. The number of hydrogen-bond acceptors (Lipinski definition) is 3. The van der Waals surface area contributed by atoms with Gasteiger partial charge in [0.15, 0.2) is 0 Å². The SMILES string of the molecule is CN(C)CCCNC(=O)c1ccoc1Cl. The number of rotatable bonds is 5. The highest BCUT2D eigenvalue weighted by Crippen LogP contribution is 2.15. The Morgan fingerprint density at radius 2 is 2.33 bits per heavy atom. The van der Waals surface area contributed by atoms with Gasteiger partial charge in [0.2, 0.25) is 5.22 Å². The first-order valence-corrected chi connectivity index (χ1v) is 5.15. The highest BCUT2D eigenvalue weighted by Gasteiger charge is 2.11. The fourth-order valence-corrected chi connectivity index (χ4v) is 1.35. The molecule has 0 unspecified atom stereocenters. The van der Waals surface area contributed by atoms with E-state index in [-0.39, 0.29) is 11.1 Å². The van der Waals surface area contributed by atoms with E-state index in [1.54, 1.807) is 6.07 Å².